The van der Waals surface area contributed by atoms with Gasteiger partial charge in [0.15, 0.2) is 0 Å². The molecule has 0 spiro atoms. The molecule has 2 aliphatic rings. The second kappa shape index (κ2) is 12.2. The third-order valence-corrected chi connectivity index (χ3v) is 6.45. The van der Waals surface area contributed by atoms with Crippen LogP contribution in [0.2, 0.25) is 0 Å². The number of carbonyl (C=O) groups is 2. The predicted molar refractivity (Wildman–Crippen MR) is 125 cm³/mol. The maximum Gasteiger partial charge on any atom is 0.256 e. The molecule has 7 heteroatoms. The van der Waals surface area contributed by atoms with Crippen molar-refractivity contribution in [2.24, 2.45) is 5.92 Å². The van der Waals surface area contributed by atoms with E-state index in [2.05, 4.69) is 24.5 Å². The van der Waals surface area contributed by atoms with Gasteiger partial charge in [0, 0.05) is 38.1 Å². The number of carbonyl (C=O) groups excluding carboxylic acids is 2. The van der Waals surface area contributed by atoms with E-state index >= 15 is 0 Å². The monoisotopic (exact) mass is 445 g/mol. The van der Waals surface area contributed by atoms with Crippen molar-refractivity contribution in [2.45, 2.75) is 96.7 Å². The number of rotatable bonds is 8. The molecule has 0 radical (unpaired) electrons. The zero-order valence-corrected chi connectivity index (χ0v) is 19.7. The van der Waals surface area contributed by atoms with Crippen molar-refractivity contribution in [2.75, 3.05) is 13.2 Å². The highest BCUT2D eigenvalue weighted by atomic mass is 16.5. The number of amides is 2. The molecule has 2 fully saturated rings. The minimum absolute atomic E-state index is 0.0251. The first kappa shape index (κ1) is 24.5. The largest absolute Gasteiger partial charge is 0.376 e. The zero-order chi connectivity index (χ0) is 22.9. The summed E-state index contributed by atoms with van der Waals surface area (Å²) >= 11 is 0. The molecule has 1 aliphatic carbocycles. The Morgan fingerprint density at radius 1 is 1.00 bits per heavy atom. The van der Waals surface area contributed by atoms with E-state index in [1.54, 1.807) is 17.0 Å². The first-order valence-electron chi connectivity index (χ1n) is 12.4. The van der Waals surface area contributed by atoms with Crippen LogP contribution in [0, 0.1) is 5.92 Å². The van der Waals surface area contributed by atoms with Crippen molar-refractivity contribution in [1.29, 1.82) is 0 Å². The Balaban J connectivity index is 1.80. The molecule has 0 aromatic carbocycles. The van der Waals surface area contributed by atoms with Crippen molar-refractivity contribution in [3.8, 4) is 0 Å². The second-order valence-corrected chi connectivity index (χ2v) is 9.70. The van der Waals surface area contributed by atoms with Crippen LogP contribution in [0.15, 0.2) is 17.2 Å². The molecule has 2 N–H and O–H groups in total. The Hall–Kier alpha value is -2.15. The van der Waals surface area contributed by atoms with Crippen LogP contribution < -0.4 is 16.1 Å². The molecule has 7 nitrogen and oxygen atoms in total. The van der Waals surface area contributed by atoms with Gasteiger partial charge in [0.05, 0.1) is 6.10 Å². The minimum atomic E-state index is -0.501. The van der Waals surface area contributed by atoms with Gasteiger partial charge in [-0.25, -0.2) is 0 Å². The fraction of sp³-hybridized carbons (Fsp3) is 0.720. The fourth-order valence-electron chi connectivity index (χ4n) is 4.52. The number of hydrogen-bond donors (Lipinski definition) is 2. The molecule has 1 aromatic rings. The van der Waals surface area contributed by atoms with Gasteiger partial charge in [0.25, 0.3) is 11.8 Å². The first-order valence-corrected chi connectivity index (χ1v) is 12.4. The lowest BCUT2D eigenvalue weighted by molar-refractivity contribution is 0.0914. The van der Waals surface area contributed by atoms with Gasteiger partial charge in [-0.1, -0.05) is 46.0 Å². The first-order chi connectivity index (χ1) is 15.4. The van der Waals surface area contributed by atoms with E-state index in [4.69, 9.17) is 4.74 Å². The number of ether oxygens (including phenoxy) is 1. The molecule has 1 saturated carbocycles. The predicted octanol–water partition coefficient (Wildman–Crippen LogP) is 3.65. The minimum Gasteiger partial charge on any atom is -0.376 e. The van der Waals surface area contributed by atoms with Crippen molar-refractivity contribution >= 4 is 11.8 Å². The quantitative estimate of drug-likeness (QED) is 0.639. The molecular weight excluding hydrogens is 406 g/mol. The van der Waals surface area contributed by atoms with Crippen LogP contribution in [-0.2, 0) is 11.3 Å². The second-order valence-electron chi connectivity index (χ2n) is 9.70. The molecule has 1 saturated heterocycles. The van der Waals surface area contributed by atoms with Gasteiger partial charge < -0.3 is 19.9 Å². The van der Waals surface area contributed by atoms with Crippen LogP contribution in [0.3, 0.4) is 0 Å². The van der Waals surface area contributed by atoms with E-state index in [9.17, 15) is 14.4 Å². The summed E-state index contributed by atoms with van der Waals surface area (Å²) in [6, 6.07) is 0.0809. The van der Waals surface area contributed by atoms with E-state index in [1.807, 2.05) is 0 Å². The van der Waals surface area contributed by atoms with E-state index < -0.39 is 11.3 Å². The Morgan fingerprint density at radius 3 is 2.28 bits per heavy atom. The molecule has 1 aliphatic heterocycles. The summed E-state index contributed by atoms with van der Waals surface area (Å²) in [6.45, 7) is 5.92. The van der Waals surface area contributed by atoms with Crippen LogP contribution in [-0.4, -0.2) is 41.7 Å². The maximum atomic E-state index is 13.1. The van der Waals surface area contributed by atoms with E-state index in [1.165, 1.54) is 19.3 Å². The van der Waals surface area contributed by atoms with Gasteiger partial charge in [-0.3, -0.25) is 14.4 Å². The summed E-state index contributed by atoms with van der Waals surface area (Å²) in [4.78, 5) is 39.0. The Morgan fingerprint density at radius 2 is 1.66 bits per heavy atom. The molecule has 3 rings (SSSR count). The summed E-state index contributed by atoms with van der Waals surface area (Å²) in [5.41, 5.74) is -0.433. The van der Waals surface area contributed by atoms with E-state index in [0.29, 0.717) is 19.0 Å². The molecule has 0 unspecified atom stereocenters. The van der Waals surface area contributed by atoms with E-state index in [-0.39, 0.29) is 29.2 Å². The van der Waals surface area contributed by atoms with Crippen molar-refractivity contribution in [3.63, 3.8) is 0 Å². The van der Waals surface area contributed by atoms with Gasteiger partial charge in [0.2, 0.25) is 5.43 Å². The van der Waals surface area contributed by atoms with Crippen LogP contribution in [0.5, 0.6) is 0 Å². The van der Waals surface area contributed by atoms with Gasteiger partial charge >= 0.3 is 0 Å². The molecule has 2 amide bonds. The van der Waals surface area contributed by atoms with Crippen LogP contribution >= 0.6 is 0 Å². The molecule has 1 aromatic heterocycles. The standard InChI is InChI=1S/C25H39N3O4/c1-18(2)12-13-26-24(30)21-16-28(15-20-11-8-14-32-20)17-22(23(21)29)25(31)27-19-9-6-4-3-5-7-10-19/h16-20H,3-15H2,1-2H3,(H,26,30)(H,27,31)/t20-/m0/s1. The highest BCUT2D eigenvalue weighted by Gasteiger charge is 2.23. The van der Waals surface area contributed by atoms with Gasteiger partial charge in [-0.15, -0.1) is 0 Å². The lowest BCUT2D eigenvalue weighted by atomic mass is 9.96. The summed E-state index contributed by atoms with van der Waals surface area (Å²) < 4.78 is 7.51. The Kier molecular flexibility index (Phi) is 9.33. The summed E-state index contributed by atoms with van der Waals surface area (Å²) in [5.74, 6) is -0.344. The normalized spacial score (nSPS) is 20.0. The molecular formula is C25H39N3O4. The third kappa shape index (κ3) is 7.19. The van der Waals surface area contributed by atoms with E-state index in [0.717, 1.165) is 51.6 Å². The zero-order valence-electron chi connectivity index (χ0n) is 19.7. The molecule has 2 heterocycles. The third-order valence-electron chi connectivity index (χ3n) is 6.45. The number of nitrogens with one attached hydrogen (secondary N) is 2. The highest BCUT2D eigenvalue weighted by Crippen LogP contribution is 2.18. The van der Waals surface area contributed by atoms with Crippen molar-refractivity contribution < 1.29 is 14.3 Å². The number of hydrogen-bond acceptors (Lipinski definition) is 4. The van der Waals surface area contributed by atoms with Gasteiger partial charge in [-0.2, -0.15) is 0 Å². The van der Waals surface area contributed by atoms with Crippen molar-refractivity contribution in [3.05, 3.63) is 33.7 Å². The average molecular weight is 446 g/mol. The van der Waals surface area contributed by atoms with Gasteiger partial charge in [0.1, 0.15) is 11.1 Å². The average Bonchev–Trinajstić information content (AvgIpc) is 3.23. The maximum absolute atomic E-state index is 13.1. The number of nitrogens with zero attached hydrogens (tertiary/aromatic N) is 1. The summed E-state index contributed by atoms with van der Waals surface area (Å²) in [7, 11) is 0. The number of aromatic nitrogens is 1. The lowest BCUT2D eigenvalue weighted by Gasteiger charge is -2.21. The lowest BCUT2D eigenvalue weighted by Crippen LogP contribution is -2.40. The fourth-order valence-corrected chi connectivity index (χ4v) is 4.52. The molecule has 32 heavy (non-hydrogen) atoms. The molecule has 178 valence electrons. The Bertz CT molecular complexity index is 819. The van der Waals surface area contributed by atoms with Gasteiger partial charge in [-0.05, 0) is 38.0 Å². The van der Waals surface area contributed by atoms with Crippen LogP contribution in [0.4, 0.5) is 0 Å². The summed E-state index contributed by atoms with van der Waals surface area (Å²) in [6.07, 6.45) is 13.6. The highest BCUT2D eigenvalue weighted by molar-refractivity contribution is 5.99. The number of pyridine rings is 1. The van der Waals surface area contributed by atoms with Crippen LogP contribution in [0.1, 0.15) is 98.8 Å². The van der Waals surface area contributed by atoms with Crippen molar-refractivity contribution in [1.82, 2.24) is 15.2 Å². The topological polar surface area (TPSA) is 89.4 Å². The molecule has 0 bridgehead atoms. The Labute approximate surface area is 191 Å². The summed E-state index contributed by atoms with van der Waals surface area (Å²) in [5, 5.41) is 5.91. The SMILES string of the molecule is CC(C)CCNC(=O)c1cn(C[C@@H]2CCCO2)cc(C(=O)NC2CCCCCCC2)c1=O. The van der Waals surface area contributed by atoms with Crippen LogP contribution in [0.25, 0.3) is 0 Å². The smallest absolute Gasteiger partial charge is 0.256 e. The molecule has 1 atom stereocenters.